The monoisotopic (exact) mass is 471 g/mol. The fourth-order valence-electron chi connectivity index (χ4n) is 4.20. The molecule has 1 N–H and O–H groups in total. The van der Waals surface area contributed by atoms with Crippen LogP contribution < -0.4 is 10.9 Å². The molecule has 0 spiro atoms. The first kappa shape index (κ1) is 22.4. The van der Waals surface area contributed by atoms with Gasteiger partial charge in [0.2, 0.25) is 0 Å². The molecule has 1 aromatic heterocycles. The number of aromatic nitrogens is 2. The van der Waals surface area contributed by atoms with Crippen LogP contribution >= 0.6 is 23.2 Å². The fourth-order valence-corrected chi connectivity index (χ4v) is 4.70. The standard InChI is InChI=1S/C24H23Cl2N3O3/c1-4-29-23(18-10-9-16(25)12-19(18)26)27-13(2)21(24(29)31)28-22-17-8-6-5-7-15(17)11-20(22)32-14(3)30/h5-10,12,20,22,28H,4,11H2,1-3H3/t20-,22?/m0/s1. The van der Waals surface area contributed by atoms with Gasteiger partial charge in [0, 0.05) is 30.5 Å². The molecule has 6 nitrogen and oxygen atoms in total. The summed E-state index contributed by atoms with van der Waals surface area (Å²) in [6.07, 6.45) is 0.171. The van der Waals surface area contributed by atoms with E-state index in [4.69, 9.17) is 32.9 Å². The Morgan fingerprint density at radius 3 is 2.69 bits per heavy atom. The first-order valence-electron chi connectivity index (χ1n) is 10.4. The Morgan fingerprint density at radius 1 is 1.25 bits per heavy atom. The lowest BCUT2D eigenvalue weighted by atomic mass is 10.1. The predicted octanol–water partition coefficient (Wildman–Crippen LogP) is 5.19. The highest BCUT2D eigenvalue weighted by atomic mass is 35.5. The van der Waals surface area contributed by atoms with Crippen LogP contribution in [-0.4, -0.2) is 21.6 Å². The van der Waals surface area contributed by atoms with Gasteiger partial charge >= 0.3 is 5.97 Å². The molecule has 2 atom stereocenters. The minimum absolute atomic E-state index is 0.216. The Morgan fingerprint density at radius 2 is 2.00 bits per heavy atom. The van der Waals surface area contributed by atoms with E-state index < -0.39 is 6.10 Å². The number of fused-ring (bicyclic) bond motifs is 1. The molecule has 2 aromatic carbocycles. The molecule has 3 aromatic rings. The van der Waals surface area contributed by atoms with Crippen molar-refractivity contribution in [1.29, 1.82) is 0 Å². The number of rotatable bonds is 5. The highest BCUT2D eigenvalue weighted by molar-refractivity contribution is 6.36. The maximum absolute atomic E-state index is 13.5. The van der Waals surface area contributed by atoms with Crippen LogP contribution in [0.3, 0.4) is 0 Å². The molecule has 32 heavy (non-hydrogen) atoms. The number of nitrogens with zero attached hydrogens (tertiary/aromatic N) is 2. The van der Waals surface area contributed by atoms with Crippen LogP contribution in [0.1, 0.15) is 36.7 Å². The number of carbonyl (C=O) groups excluding carboxylic acids is 1. The van der Waals surface area contributed by atoms with Crippen molar-refractivity contribution in [3.63, 3.8) is 0 Å². The molecule has 0 amide bonds. The number of ether oxygens (including phenoxy) is 1. The van der Waals surface area contributed by atoms with Crippen molar-refractivity contribution >= 4 is 34.9 Å². The minimum atomic E-state index is -0.413. The summed E-state index contributed by atoms with van der Waals surface area (Å²) in [7, 11) is 0. The Balaban J connectivity index is 1.79. The Kier molecular flexibility index (Phi) is 6.26. The summed E-state index contributed by atoms with van der Waals surface area (Å²) in [5.41, 5.74) is 3.42. The number of hydrogen-bond donors (Lipinski definition) is 1. The van der Waals surface area contributed by atoms with Gasteiger partial charge in [0.05, 0.1) is 16.8 Å². The molecule has 0 fully saturated rings. The van der Waals surface area contributed by atoms with Crippen LogP contribution in [0, 0.1) is 6.92 Å². The zero-order chi connectivity index (χ0) is 23.0. The molecule has 0 saturated carbocycles. The van der Waals surface area contributed by atoms with E-state index in [0.717, 1.165) is 11.1 Å². The van der Waals surface area contributed by atoms with Gasteiger partial charge in [-0.25, -0.2) is 4.98 Å². The smallest absolute Gasteiger partial charge is 0.302 e. The molecule has 1 aliphatic rings. The van der Waals surface area contributed by atoms with Gasteiger partial charge in [-0.3, -0.25) is 14.2 Å². The summed E-state index contributed by atoms with van der Waals surface area (Å²) in [6.45, 7) is 5.45. The van der Waals surface area contributed by atoms with Crippen molar-refractivity contribution in [2.45, 2.75) is 45.9 Å². The van der Waals surface area contributed by atoms with Crippen molar-refractivity contribution in [3.8, 4) is 11.4 Å². The highest BCUT2D eigenvalue weighted by Gasteiger charge is 2.35. The Labute approximate surface area is 196 Å². The Bertz CT molecular complexity index is 1260. The van der Waals surface area contributed by atoms with E-state index in [-0.39, 0.29) is 17.6 Å². The lowest BCUT2D eigenvalue weighted by Gasteiger charge is -2.24. The van der Waals surface area contributed by atoms with Crippen molar-refractivity contribution < 1.29 is 9.53 Å². The van der Waals surface area contributed by atoms with Crippen LogP contribution in [-0.2, 0) is 22.5 Å². The number of benzene rings is 2. The van der Waals surface area contributed by atoms with E-state index in [1.165, 1.54) is 6.92 Å². The van der Waals surface area contributed by atoms with Crippen LogP contribution in [0.5, 0.6) is 0 Å². The molecular formula is C24H23Cl2N3O3. The third kappa shape index (κ3) is 4.12. The van der Waals surface area contributed by atoms with E-state index in [1.54, 1.807) is 29.7 Å². The van der Waals surface area contributed by atoms with Crippen molar-refractivity contribution in [2.24, 2.45) is 0 Å². The number of hydrogen-bond acceptors (Lipinski definition) is 5. The minimum Gasteiger partial charge on any atom is -0.460 e. The van der Waals surface area contributed by atoms with E-state index in [9.17, 15) is 9.59 Å². The van der Waals surface area contributed by atoms with E-state index >= 15 is 0 Å². The number of aryl methyl sites for hydroxylation is 1. The maximum atomic E-state index is 13.5. The summed E-state index contributed by atoms with van der Waals surface area (Å²) in [5.74, 6) is 0.119. The van der Waals surface area contributed by atoms with Crippen LogP contribution in [0.25, 0.3) is 11.4 Å². The summed E-state index contributed by atoms with van der Waals surface area (Å²) in [5, 5.41) is 4.27. The largest absolute Gasteiger partial charge is 0.460 e. The molecule has 166 valence electrons. The molecule has 1 heterocycles. The number of carbonyl (C=O) groups is 1. The third-order valence-electron chi connectivity index (χ3n) is 5.64. The van der Waals surface area contributed by atoms with Gasteiger partial charge in [-0.1, -0.05) is 47.5 Å². The van der Waals surface area contributed by atoms with E-state index in [2.05, 4.69) is 5.32 Å². The quantitative estimate of drug-likeness (QED) is 0.518. The first-order chi connectivity index (χ1) is 15.3. The summed E-state index contributed by atoms with van der Waals surface area (Å²) in [4.78, 5) is 29.9. The zero-order valence-electron chi connectivity index (χ0n) is 18.0. The van der Waals surface area contributed by atoms with Crippen LogP contribution in [0.4, 0.5) is 5.69 Å². The van der Waals surface area contributed by atoms with Gasteiger partial charge in [-0.15, -0.1) is 0 Å². The maximum Gasteiger partial charge on any atom is 0.302 e. The molecule has 0 aliphatic heterocycles. The molecule has 0 bridgehead atoms. The van der Waals surface area contributed by atoms with Crippen molar-refractivity contribution in [1.82, 2.24) is 9.55 Å². The zero-order valence-corrected chi connectivity index (χ0v) is 19.5. The van der Waals surface area contributed by atoms with Crippen LogP contribution in [0.2, 0.25) is 10.0 Å². The second kappa shape index (κ2) is 8.96. The molecule has 1 unspecified atom stereocenters. The van der Waals surface area contributed by atoms with Gasteiger partial charge in [-0.05, 0) is 43.2 Å². The number of anilines is 1. The first-order valence-corrected chi connectivity index (χ1v) is 11.1. The van der Waals surface area contributed by atoms with E-state index in [0.29, 0.717) is 45.8 Å². The van der Waals surface area contributed by atoms with Gasteiger partial charge in [0.1, 0.15) is 17.6 Å². The third-order valence-corrected chi connectivity index (χ3v) is 6.19. The molecule has 4 rings (SSSR count). The van der Waals surface area contributed by atoms with Crippen molar-refractivity contribution in [3.05, 3.63) is 79.7 Å². The normalized spacial score (nSPS) is 17.2. The van der Waals surface area contributed by atoms with Gasteiger partial charge in [0.15, 0.2) is 0 Å². The average Bonchev–Trinajstić information content (AvgIpc) is 3.07. The Hall–Kier alpha value is -2.83. The summed E-state index contributed by atoms with van der Waals surface area (Å²) in [6, 6.07) is 12.6. The summed E-state index contributed by atoms with van der Waals surface area (Å²) >= 11 is 12.4. The second-order valence-corrected chi connectivity index (χ2v) is 8.59. The van der Waals surface area contributed by atoms with Crippen LogP contribution in [0.15, 0.2) is 47.3 Å². The highest BCUT2D eigenvalue weighted by Crippen LogP contribution is 2.36. The lowest BCUT2D eigenvalue weighted by molar-refractivity contribution is -0.146. The number of esters is 1. The predicted molar refractivity (Wildman–Crippen MR) is 126 cm³/mol. The fraction of sp³-hybridized carbons (Fsp3) is 0.292. The number of halogens is 2. The molecule has 8 heteroatoms. The molecular weight excluding hydrogens is 449 g/mol. The van der Waals surface area contributed by atoms with Gasteiger partial charge < -0.3 is 10.1 Å². The second-order valence-electron chi connectivity index (χ2n) is 7.74. The van der Waals surface area contributed by atoms with Crippen molar-refractivity contribution in [2.75, 3.05) is 5.32 Å². The SMILES string of the molecule is CCn1c(-c2ccc(Cl)cc2Cl)nc(C)c(NC2c3ccccc3C[C@@H]2OC(C)=O)c1=O. The molecule has 0 radical (unpaired) electrons. The van der Waals surface area contributed by atoms with Gasteiger partial charge in [0.25, 0.3) is 5.56 Å². The molecule has 1 aliphatic carbocycles. The van der Waals surface area contributed by atoms with E-state index in [1.807, 2.05) is 31.2 Å². The summed E-state index contributed by atoms with van der Waals surface area (Å²) < 4.78 is 7.15. The number of nitrogens with one attached hydrogen (secondary N) is 1. The lowest BCUT2D eigenvalue weighted by Crippen LogP contribution is -2.32. The average molecular weight is 472 g/mol. The molecule has 0 saturated heterocycles. The van der Waals surface area contributed by atoms with Gasteiger partial charge in [-0.2, -0.15) is 0 Å². The topological polar surface area (TPSA) is 73.2 Å².